The van der Waals surface area contributed by atoms with Gasteiger partial charge in [0.15, 0.2) is 11.5 Å². The van der Waals surface area contributed by atoms with Crippen molar-refractivity contribution in [3.63, 3.8) is 0 Å². The Kier molecular flexibility index (Phi) is 5.88. The molecule has 0 bridgehead atoms. The summed E-state index contributed by atoms with van der Waals surface area (Å²) >= 11 is 6.23. The van der Waals surface area contributed by atoms with Gasteiger partial charge in [0.05, 0.1) is 26.1 Å². The highest BCUT2D eigenvalue weighted by Crippen LogP contribution is 2.53. The number of amides is 4. The van der Waals surface area contributed by atoms with E-state index in [4.69, 9.17) is 26.8 Å². The topological polar surface area (TPSA) is 140 Å². The van der Waals surface area contributed by atoms with E-state index in [1.165, 1.54) is 19.1 Å². The summed E-state index contributed by atoms with van der Waals surface area (Å²) in [5, 5.41) is 6.32. The first-order valence-corrected chi connectivity index (χ1v) is 11.8. The normalized spacial score (nSPS) is 26.2. The van der Waals surface area contributed by atoms with E-state index in [-0.39, 0.29) is 13.0 Å². The molecule has 4 N–H and O–H groups in total. The lowest BCUT2D eigenvalue weighted by Gasteiger charge is -2.29. The maximum absolute atomic E-state index is 13.8. The van der Waals surface area contributed by atoms with E-state index in [9.17, 15) is 19.2 Å². The second kappa shape index (κ2) is 8.79. The average molecular weight is 513 g/mol. The average Bonchev–Trinajstić information content (AvgIpc) is 3.41. The molecule has 2 aromatic carbocycles. The smallest absolute Gasteiger partial charge is 0.250 e. The maximum Gasteiger partial charge on any atom is 0.250 e. The van der Waals surface area contributed by atoms with Crippen LogP contribution in [-0.2, 0) is 31.1 Å². The van der Waals surface area contributed by atoms with Gasteiger partial charge in [-0.15, -0.1) is 0 Å². The van der Waals surface area contributed by atoms with Gasteiger partial charge in [-0.05, 0) is 42.3 Å². The molecule has 0 saturated carbocycles. The molecule has 4 atom stereocenters. The number of hydrogen-bond acceptors (Lipinski definition) is 7. The van der Waals surface area contributed by atoms with E-state index in [1.54, 1.807) is 30.3 Å². The number of primary amides is 1. The molecule has 3 aliphatic heterocycles. The van der Waals surface area contributed by atoms with E-state index in [0.29, 0.717) is 34.2 Å². The zero-order valence-corrected chi connectivity index (χ0v) is 20.4. The summed E-state index contributed by atoms with van der Waals surface area (Å²) in [4.78, 5) is 53.7. The monoisotopic (exact) mass is 512 g/mol. The summed E-state index contributed by atoms with van der Waals surface area (Å²) < 4.78 is 10.6. The van der Waals surface area contributed by atoms with E-state index in [0.717, 1.165) is 5.56 Å². The maximum atomic E-state index is 13.8. The largest absolute Gasteiger partial charge is 0.493 e. The van der Waals surface area contributed by atoms with Crippen molar-refractivity contribution in [1.82, 2.24) is 10.2 Å². The van der Waals surface area contributed by atoms with Crippen LogP contribution in [0.15, 0.2) is 36.4 Å². The minimum absolute atomic E-state index is 0.101. The number of rotatable bonds is 7. The first-order chi connectivity index (χ1) is 17.2. The molecular formula is C25H25ClN4O6. The van der Waals surface area contributed by atoms with Crippen LogP contribution in [0.5, 0.6) is 11.5 Å². The quantitative estimate of drug-likeness (QED) is 0.473. The first-order valence-electron chi connectivity index (χ1n) is 11.4. The summed E-state index contributed by atoms with van der Waals surface area (Å²) in [5.74, 6) is -2.90. The number of anilines is 1. The van der Waals surface area contributed by atoms with Gasteiger partial charge in [0.1, 0.15) is 5.54 Å². The van der Waals surface area contributed by atoms with Crippen molar-refractivity contribution in [1.29, 1.82) is 0 Å². The van der Waals surface area contributed by atoms with Crippen LogP contribution in [0, 0.1) is 11.8 Å². The molecule has 4 amide bonds. The van der Waals surface area contributed by atoms with Crippen LogP contribution in [-0.4, -0.2) is 55.3 Å². The van der Waals surface area contributed by atoms with Gasteiger partial charge in [-0.1, -0.05) is 17.7 Å². The Morgan fingerprint density at radius 2 is 1.83 bits per heavy atom. The van der Waals surface area contributed by atoms with Crippen molar-refractivity contribution in [2.75, 3.05) is 26.1 Å². The summed E-state index contributed by atoms with van der Waals surface area (Å²) in [7, 11) is 3.06. The molecule has 1 spiro atoms. The number of likely N-dealkylation sites (tertiary alicyclic amines) is 1. The molecule has 36 heavy (non-hydrogen) atoms. The molecule has 0 unspecified atom stereocenters. The number of benzene rings is 2. The number of hydrogen-bond donors (Lipinski definition) is 3. The first kappa shape index (κ1) is 24.1. The van der Waals surface area contributed by atoms with Gasteiger partial charge >= 0.3 is 0 Å². The van der Waals surface area contributed by atoms with E-state index in [2.05, 4.69) is 10.6 Å². The lowest BCUT2D eigenvalue weighted by molar-refractivity contribution is -0.142. The Hall–Kier alpha value is -3.63. The van der Waals surface area contributed by atoms with Gasteiger partial charge in [-0.2, -0.15) is 0 Å². The molecular weight excluding hydrogens is 488 g/mol. The Morgan fingerprint density at radius 1 is 1.08 bits per heavy atom. The second-order valence-corrected chi connectivity index (χ2v) is 9.58. The van der Waals surface area contributed by atoms with Gasteiger partial charge in [-0.25, -0.2) is 0 Å². The number of imide groups is 1. The molecule has 0 aliphatic carbocycles. The van der Waals surface area contributed by atoms with Crippen molar-refractivity contribution in [2.45, 2.75) is 24.4 Å². The third-order valence-electron chi connectivity index (χ3n) is 7.26. The Balaban J connectivity index is 1.49. The minimum Gasteiger partial charge on any atom is -0.493 e. The molecule has 0 aromatic heterocycles. The predicted molar refractivity (Wildman–Crippen MR) is 129 cm³/mol. The number of nitrogens with zero attached hydrogens (tertiary/aromatic N) is 1. The standard InChI is InChI=1S/C25H25ClN4O6/c1-35-17-6-3-12(9-18(17)36-2)7-8-30-22(32)20-16(11-19(27)31)29-25(21(20)23(30)33)14-10-13(26)4-5-15(14)28-24(25)34/h3-6,9-10,16,20-21,29H,7-8,11H2,1-2H3,(H2,27,31)(H,28,34)/t16-,20-,21+,25-/m0/s1. The van der Waals surface area contributed by atoms with Crippen LogP contribution in [0.3, 0.4) is 0 Å². The van der Waals surface area contributed by atoms with Crippen LogP contribution in [0.1, 0.15) is 17.5 Å². The van der Waals surface area contributed by atoms with Crippen molar-refractivity contribution < 1.29 is 28.7 Å². The highest BCUT2D eigenvalue weighted by molar-refractivity contribution is 6.31. The van der Waals surface area contributed by atoms with Gasteiger partial charge < -0.3 is 20.5 Å². The number of ether oxygens (including phenoxy) is 2. The molecule has 188 valence electrons. The molecule has 2 aromatic rings. The van der Waals surface area contributed by atoms with Crippen LogP contribution >= 0.6 is 11.6 Å². The number of carbonyl (C=O) groups is 4. The van der Waals surface area contributed by atoms with Gasteiger partial charge in [-0.3, -0.25) is 29.4 Å². The highest BCUT2D eigenvalue weighted by atomic mass is 35.5. The van der Waals surface area contributed by atoms with Crippen molar-refractivity contribution in [3.8, 4) is 11.5 Å². The fourth-order valence-electron chi connectivity index (χ4n) is 5.72. The van der Waals surface area contributed by atoms with Gasteiger partial charge in [0, 0.05) is 35.3 Å². The zero-order chi connectivity index (χ0) is 25.8. The number of nitrogens with one attached hydrogen (secondary N) is 2. The zero-order valence-electron chi connectivity index (χ0n) is 19.7. The number of halogens is 1. The van der Waals surface area contributed by atoms with Crippen molar-refractivity contribution in [3.05, 3.63) is 52.5 Å². The van der Waals surface area contributed by atoms with E-state index < -0.39 is 47.0 Å². The second-order valence-electron chi connectivity index (χ2n) is 9.14. The van der Waals surface area contributed by atoms with E-state index in [1.807, 2.05) is 6.07 Å². The van der Waals surface area contributed by atoms with Crippen LogP contribution in [0.4, 0.5) is 5.69 Å². The van der Waals surface area contributed by atoms with Crippen LogP contribution in [0.2, 0.25) is 5.02 Å². The molecule has 11 heteroatoms. The third kappa shape index (κ3) is 3.51. The van der Waals surface area contributed by atoms with Crippen molar-refractivity contribution in [2.24, 2.45) is 17.6 Å². The molecule has 2 saturated heterocycles. The number of carbonyl (C=O) groups excluding carboxylic acids is 4. The number of methoxy groups -OCH3 is 2. The molecule has 3 aliphatic rings. The highest BCUT2D eigenvalue weighted by Gasteiger charge is 2.70. The fraction of sp³-hybridized carbons (Fsp3) is 0.360. The lowest BCUT2D eigenvalue weighted by Crippen LogP contribution is -2.53. The number of fused-ring (bicyclic) bond motifs is 4. The molecule has 5 rings (SSSR count). The van der Waals surface area contributed by atoms with Crippen LogP contribution < -0.4 is 25.8 Å². The summed E-state index contributed by atoms with van der Waals surface area (Å²) in [6.45, 7) is 0.101. The fourth-order valence-corrected chi connectivity index (χ4v) is 5.89. The minimum atomic E-state index is -1.53. The molecule has 3 heterocycles. The molecule has 2 fully saturated rings. The summed E-state index contributed by atoms with van der Waals surface area (Å²) in [6, 6.07) is 9.46. The van der Waals surface area contributed by atoms with E-state index >= 15 is 0 Å². The number of nitrogens with two attached hydrogens (primary N) is 1. The predicted octanol–water partition coefficient (Wildman–Crippen LogP) is 1.20. The van der Waals surface area contributed by atoms with Gasteiger partial charge in [0.25, 0.3) is 0 Å². The Bertz CT molecular complexity index is 1300. The Labute approximate surface area is 212 Å². The summed E-state index contributed by atoms with van der Waals surface area (Å²) in [5.41, 5.74) is 5.74. The summed E-state index contributed by atoms with van der Waals surface area (Å²) in [6.07, 6.45) is 0.168. The van der Waals surface area contributed by atoms with Crippen LogP contribution in [0.25, 0.3) is 0 Å². The molecule has 0 radical (unpaired) electrons. The van der Waals surface area contributed by atoms with Gasteiger partial charge in [0.2, 0.25) is 23.6 Å². The third-order valence-corrected chi connectivity index (χ3v) is 7.50. The SMILES string of the molecule is COc1ccc(CCN2C(=O)[C@H]3[C@H](CC(N)=O)N[C@]4(C(=O)Nc5ccc(Cl)cc54)[C@H]3C2=O)cc1OC. The lowest BCUT2D eigenvalue weighted by atomic mass is 9.76. The van der Waals surface area contributed by atoms with Crippen molar-refractivity contribution >= 4 is 40.9 Å². The Morgan fingerprint density at radius 3 is 2.53 bits per heavy atom. The molecule has 10 nitrogen and oxygen atoms in total.